The van der Waals surface area contributed by atoms with E-state index in [1.54, 1.807) is 12.1 Å². The molecule has 0 amide bonds. The van der Waals surface area contributed by atoms with E-state index in [0.29, 0.717) is 0 Å². The third-order valence-electron chi connectivity index (χ3n) is 6.23. The Morgan fingerprint density at radius 2 is 1.22 bits per heavy atom. The summed E-state index contributed by atoms with van der Waals surface area (Å²) in [5.74, 6) is 1.86. The van der Waals surface area contributed by atoms with Crippen LogP contribution in [0.5, 0.6) is 5.75 Å². The second-order valence-electron chi connectivity index (χ2n) is 8.44. The Morgan fingerprint density at radius 1 is 0.694 bits per heavy atom. The number of aromatic nitrogens is 4. The highest BCUT2D eigenvalue weighted by Crippen LogP contribution is 2.28. The standard InChI is InChI=1S/C25H24N6O.3ClH.H2O/c1-30-10-12-31(13-11-30)18-5-9-21-23(15-18)29-25(27-21)17-4-8-20-22(14-17)28-24(26-20)16-2-6-19(32)7-3-16;;;;/h2-9,14-15,32H,10-13H2,1H3,(H,26,28)(H,27,29);3*1H;1H2. The van der Waals surface area contributed by atoms with Crippen molar-refractivity contribution >= 4 is 65.0 Å². The third kappa shape index (κ3) is 5.53. The fraction of sp³-hybridized carbons (Fsp3) is 0.200. The van der Waals surface area contributed by atoms with Crippen LogP contribution in [0, 0.1) is 0 Å². The highest BCUT2D eigenvalue weighted by Gasteiger charge is 2.16. The van der Waals surface area contributed by atoms with Gasteiger partial charge in [-0.2, -0.15) is 0 Å². The molecule has 1 aliphatic rings. The molecule has 6 rings (SSSR count). The fourth-order valence-electron chi connectivity index (χ4n) is 4.30. The van der Waals surface area contributed by atoms with Crippen LogP contribution < -0.4 is 4.90 Å². The van der Waals surface area contributed by atoms with Crippen LogP contribution in [-0.2, 0) is 0 Å². The highest BCUT2D eigenvalue weighted by molar-refractivity contribution is 5.87. The minimum atomic E-state index is 0. The first-order valence-electron chi connectivity index (χ1n) is 10.9. The molecule has 0 spiro atoms. The molecule has 3 heterocycles. The summed E-state index contributed by atoms with van der Waals surface area (Å²) in [5.41, 5.74) is 7.01. The molecule has 0 bridgehead atoms. The molecule has 1 aliphatic heterocycles. The number of rotatable bonds is 3. The van der Waals surface area contributed by atoms with Gasteiger partial charge in [-0.15, -0.1) is 37.2 Å². The fourth-order valence-corrected chi connectivity index (χ4v) is 4.30. The number of imidazole rings is 2. The summed E-state index contributed by atoms with van der Waals surface area (Å²) in [6.45, 7) is 4.25. The first-order chi connectivity index (χ1) is 15.6. The van der Waals surface area contributed by atoms with Crippen molar-refractivity contribution in [3.05, 3.63) is 60.7 Å². The van der Waals surface area contributed by atoms with Gasteiger partial charge in [0.2, 0.25) is 0 Å². The predicted molar refractivity (Wildman–Crippen MR) is 153 cm³/mol. The van der Waals surface area contributed by atoms with Crippen LogP contribution in [0.4, 0.5) is 5.69 Å². The number of nitrogens with one attached hydrogen (secondary N) is 2. The number of phenolic OH excluding ortho intramolecular Hbond substituents is 1. The van der Waals surface area contributed by atoms with Gasteiger partial charge in [0.15, 0.2) is 0 Å². The van der Waals surface area contributed by atoms with Gasteiger partial charge in [-0.25, -0.2) is 9.97 Å². The summed E-state index contributed by atoms with van der Waals surface area (Å²) in [6.07, 6.45) is 0. The third-order valence-corrected chi connectivity index (χ3v) is 6.23. The van der Waals surface area contributed by atoms with E-state index in [4.69, 9.17) is 9.97 Å². The van der Waals surface area contributed by atoms with E-state index in [0.717, 1.165) is 71.0 Å². The average Bonchev–Trinajstić information content (AvgIpc) is 3.43. The van der Waals surface area contributed by atoms with Gasteiger partial charge in [0.05, 0.1) is 22.1 Å². The molecule has 0 aliphatic carbocycles. The molecule has 0 atom stereocenters. The van der Waals surface area contributed by atoms with Gasteiger partial charge in [-0.1, -0.05) is 0 Å². The van der Waals surface area contributed by atoms with E-state index < -0.39 is 0 Å². The molecule has 5 aromatic rings. The molecule has 0 radical (unpaired) electrons. The average molecular weight is 552 g/mol. The van der Waals surface area contributed by atoms with E-state index >= 15 is 0 Å². The zero-order chi connectivity index (χ0) is 21.7. The number of piperazine rings is 1. The predicted octanol–water partition coefficient (Wildman–Crippen LogP) is 4.67. The Labute approximate surface area is 227 Å². The maximum atomic E-state index is 9.52. The lowest BCUT2D eigenvalue weighted by atomic mass is 10.2. The van der Waals surface area contributed by atoms with Gasteiger partial charge >= 0.3 is 0 Å². The van der Waals surface area contributed by atoms with Crippen LogP contribution in [-0.4, -0.2) is 68.6 Å². The lowest BCUT2D eigenvalue weighted by molar-refractivity contribution is 0.313. The first-order valence-corrected chi connectivity index (χ1v) is 10.9. The summed E-state index contributed by atoms with van der Waals surface area (Å²) in [4.78, 5) is 21.2. The molecule has 0 unspecified atom stereocenters. The van der Waals surface area contributed by atoms with E-state index in [1.807, 2.05) is 18.2 Å². The van der Waals surface area contributed by atoms with Crippen LogP contribution in [0.15, 0.2) is 60.7 Å². The van der Waals surface area contributed by atoms with Crippen LogP contribution in [0.25, 0.3) is 44.8 Å². The maximum Gasteiger partial charge on any atom is 0.138 e. The molecular formula is C25H29Cl3N6O2. The van der Waals surface area contributed by atoms with Crippen LogP contribution in [0.3, 0.4) is 0 Å². The number of halogens is 3. The zero-order valence-corrected chi connectivity index (χ0v) is 22.0. The van der Waals surface area contributed by atoms with Gasteiger partial charge in [-0.05, 0) is 67.7 Å². The Morgan fingerprint density at radius 3 is 1.86 bits per heavy atom. The lowest BCUT2D eigenvalue weighted by Gasteiger charge is -2.34. The lowest BCUT2D eigenvalue weighted by Crippen LogP contribution is -2.44. The number of fused-ring (bicyclic) bond motifs is 2. The number of anilines is 1. The normalized spacial score (nSPS) is 13.4. The number of hydrogen-bond donors (Lipinski definition) is 3. The largest absolute Gasteiger partial charge is 0.508 e. The van der Waals surface area contributed by atoms with Gasteiger partial charge in [0.1, 0.15) is 17.4 Å². The van der Waals surface area contributed by atoms with E-state index in [2.05, 4.69) is 57.1 Å². The minimum Gasteiger partial charge on any atom is -0.508 e. The number of hydrogen-bond acceptors (Lipinski definition) is 5. The first kappa shape index (κ1) is 29.2. The van der Waals surface area contributed by atoms with Gasteiger partial charge in [-0.3, -0.25) is 0 Å². The quantitative estimate of drug-likeness (QED) is 0.301. The number of benzene rings is 3. The number of H-pyrrole nitrogens is 2. The Kier molecular flexibility index (Phi) is 9.59. The van der Waals surface area contributed by atoms with Crippen molar-refractivity contribution in [2.75, 3.05) is 38.1 Å². The van der Waals surface area contributed by atoms with Gasteiger partial charge in [0.25, 0.3) is 0 Å². The van der Waals surface area contributed by atoms with Crippen molar-refractivity contribution in [3.63, 3.8) is 0 Å². The molecule has 3 aromatic carbocycles. The number of phenols is 1. The summed E-state index contributed by atoms with van der Waals surface area (Å²) in [7, 11) is 2.17. The van der Waals surface area contributed by atoms with Gasteiger partial charge in [0, 0.05) is 43.0 Å². The second kappa shape index (κ2) is 11.8. The summed E-state index contributed by atoms with van der Waals surface area (Å²) >= 11 is 0. The number of aromatic hydroxyl groups is 1. The van der Waals surface area contributed by atoms with Crippen molar-refractivity contribution in [1.82, 2.24) is 24.8 Å². The molecule has 11 heteroatoms. The molecule has 192 valence electrons. The monoisotopic (exact) mass is 550 g/mol. The minimum absolute atomic E-state index is 0. The van der Waals surface area contributed by atoms with Crippen molar-refractivity contribution in [1.29, 1.82) is 0 Å². The summed E-state index contributed by atoms with van der Waals surface area (Å²) in [5, 5.41) is 9.52. The van der Waals surface area contributed by atoms with Crippen LogP contribution in [0.1, 0.15) is 0 Å². The molecular weight excluding hydrogens is 523 g/mol. The molecule has 5 N–H and O–H groups in total. The molecule has 2 aromatic heterocycles. The number of aromatic amines is 2. The SMILES string of the molecule is CN1CCN(c2ccc3[nH]c(-c4ccc5[nH]c(-c6ccc(O)cc6)nc5c4)nc3c2)CC1.Cl.Cl.Cl.O. The van der Waals surface area contributed by atoms with E-state index in [-0.39, 0.29) is 48.4 Å². The Bertz CT molecular complexity index is 1430. The highest BCUT2D eigenvalue weighted by atomic mass is 35.5. The number of nitrogens with zero attached hydrogens (tertiary/aromatic N) is 4. The van der Waals surface area contributed by atoms with Crippen LogP contribution >= 0.6 is 37.2 Å². The Hall–Kier alpha value is -3.01. The maximum absolute atomic E-state index is 9.52. The zero-order valence-electron chi connectivity index (χ0n) is 19.6. The molecule has 1 fully saturated rings. The molecule has 8 nitrogen and oxygen atoms in total. The Balaban J connectivity index is 0.00000114. The van der Waals surface area contributed by atoms with Crippen molar-refractivity contribution in [2.24, 2.45) is 0 Å². The number of likely N-dealkylation sites (N-methyl/N-ethyl adjacent to an activating group) is 1. The second-order valence-corrected chi connectivity index (χ2v) is 8.44. The molecule has 1 saturated heterocycles. The van der Waals surface area contributed by atoms with E-state index in [1.165, 1.54) is 5.69 Å². The van der Waals surface area contributed by atoms with E-state index in [9.17, 15) is 5.11 Å². The van der Waals surface area contributed by atoms with Gasteiger partial charge < -0.3 is 30.4 Å². The molecule has 0 saturated carbocycles. The van der Waals surface area contributed by atoms with Crippen LogP contribution in [0.2, 0.25) is 0 Å². The summed E-state index contributed by atoms with van der Waals surface area (Å²) < 4.78 is 0. The topological polar surface area (TPSA) is 116 Å². The van der Waals surface area contributed by atoms with Crippen molar-refractivity contribution in [3.8, 4) is 28.5 Å². The molecule has 36 heavy (non-hydrogen) atoms. The summed E-state index contributed by atoms with van der Waals surface area (Å²) in [6, 6.07) is 19.6. The van der Waals surface area contributed by atoms with Crippen molar-refractivity contribution in [2.45, 2.75) is 0 Å². The smallest absolute Gasteiger partial charge is 0.138 e. The van der Waals surface area contributed by atoms with Crippen molar-refractivity contribution < 1.29 is 10.6 Å².